The number of nitrogens with zero attached hydrogens (tertiary/aromatic N) is 2. The Morgan fingerprint density at radius 3 is 2.62 bits per heavy atom. The van der Waals surface area contributed by atoms with Crippen LogP contribution in [0.15, 0.2) is 48.7 Å². The Labute approximate surface area is 125 Å². The fourth-order valence-electron chi connectivity index (χ4n) is 1.96. The van der Waals surface area contributed by atoms with Crippen LogP contribution in [-0.4, -0.2) is 15.8 Å². The Hall–Kier alpha value is -2.66. The normalized spacial score (nSPS) is 10.5. The van der Waals surface area contributed by atoms with Crippen LogP contribution in [0.3, 0.4) is 0 Å². The number of amidine groups is 1. The molecule has 104 valence electrons. The zero-order chi connectivity index (χ0) is 14.8. The standard InChI is InChI=1S/C15H11ClN4O/c16-11-5-6-13(10-4-2-1-3-9(10)11)21-15-19-8-7-12(20-15)14(17)18/h1-8H,(H3,17,18). The van der Waals surface area contributed by atoms with Crippen LogP contribution >= 0.6 is 11.6 Å². The second kappa shape index (κ2) is 5.38. The average molecular weight is 299 g/mol. The van der Waals surface area contributed by atoms with Gasteiger partial charge in [0.25, 0.3) is 0 Å². The molecule has 0 radical (unpaired) electrons. The summed E-state index contributed by atoms with van der Waals surface area (Å²) in [6.45, 7) is 0. The van der Waals surface area contributed by atoms with Gasteiger partial charge in [-0.05, 0) is 18.2 Å². The number of rotatable bonds is 3. The van der Waals surface area contributed by atoms with E-state index in [4.69, 9.17) is 27.5 Å². The van der Waals surface area contributed by atoms with Crippen LogP contribution in [-0.2, 0) is 0 Å². The first-order chi connectivity index (χ1) is 10.1. The summed E-state index contributed by atoms with van der Waals surface area (Å²) in [5, 5.41) is 9.79. The van der Waals surface area contributed by atoms with Crippen LogP contribution in [0.25, 0.3) is 10.8 Å². The highest BCUT2D eigenvalue weighted by molar-refractivity contribution is 6.35. The van der Waals surface area contributed by atoms with Gasteiger partial charge in [-0.15, -0.1) is 0 Å². The molecule has 0 aliphatic rings. The van der Waals surface area contributed by atoms with Gasteiger partial charge in [0, 0.05) is 22.0 Å². The lowest BCUT2D eigenvalue weighted by Gasteiger charge is -2.09. The van der Waals surface area contributed by atoms with Gasteiger partial charge in [0.05, 0.1) is 0 Å². The Bertz CT molecular complexity index is 835. The van der Waals surface area contributed by atoms with E-state index in [2.05, 4.69) is 9.97 Å². The minimum absolute atomic E-state index is 0.134. The summed E-state index contributed by atoms with van der Waals surface area (Å²) < 4.78 is 5.70. The van der Waals surface area contributed by atoms with E-state index in [1.165, 1.54) is 6.20 Å². The van der Waals surface area contributed by atoms with Crippen molar-refractivity contribution in [2.24, 2.45) is 5.73 Å². The number of hydrogen-bond acceptors (Lipinski definition) is 4. The van der Waals surface area contributed by atoms with Crippen LogP contribution < -0.4 is 10.5 Å². The van der Waals surface area contributed by atoms with E-state index in [0.29, 0.717) is 16.5 Å². The molecule has 0 unspecified atom stereocenters. The number of benzene rings is 2. The number of nitrogen functional groups attached to an aromatic ring is 1. The Balaban J connectivity index is 2.04. The third-order valence-corrected chi connectivity index (χ3v) is 3.27. The number of nitrogens with two attached hydrogens (primary N) is 1. The van der Waals surface area contributed by atoms with E-state index in [0.717, 1.165) is 10.8 Å². The van der Waals surface area contributed by atoms with E-state index >= 15 is 0 Å². The van der Waals surface area contributed by atoms with E-state index in [-0.39, 0.29) is 11.8 Å². The summed E-state index contributed by atoms with van der Waals surface area (Å²) in [5.74, 6) is 0.457. The number of hydrogen-bond donors (Lipinski definition) is 2. The van der Waals surface area contributed by atoms with Crippen molar-refractivity contribution in [3.8, 4) is 11.8 Å². The molecule has 0 amide bonds. The van der Waals surface area contributed by atoms with Gasteiger partial charge in [-0.2, -0.15) is 4.98 Å². The molecule has 1 heterocycles. The van der Waals surface area contributed by atoms with Crippen molar-refractivity contribution in [3.63, 3.8) is 0 Å². The topological polar surface area (TPSA) is 84.9 Å². The molecule has 0 saturated heterocycles. The van der Waals surface area contributed by atoms with Gasteiger partial charge in [0.1, 0.15) is 17.3 Å². The van der Waals surface area contributed by atoms with Gasteiger partial charge in [-0.3, -0.25) is 5.41 Å². The second-order valence-corrected chi connectivity index (χ2v) is 4.74. The van der Waals surface area contributed by atoms with Crippen LogP contribution in [0.2, 0.25) is 5.02 Å². The van der Waals surface area contributed by atoms with Crippen LogP contribution in [0.4, 0.5) is 0 Å². The lowest BCUT2D eigenvalue weighted by Crippen LogP contribution is -2.13. The predicted molar refractivity (Wildman–Crippen MR) is 82.1 cm³/mol. The highest BCUT2D eigenvalue weighted by Gasteiger charge is 2.09. The van der Waals surface area contributed by atoms with Gasteiger partial charge in [0.15, 0.2) is 0 Å². The summed E-state index contributed by atoms with van der Waals surface area (Å²) in [4.78, 5) is 8.11. The predicted octanol–water partition coefficient (Wildman–Crippen LogP) is 3.36. The van der Waals surface area contributed by atoms with Crippen molar-refractivity contribution in [3.05, 3.63) is 59.4 Å². The zero-order valence-electron chi connectivity index (χ0n) is 10.9. The molecule has 0 atom stereocenters. The maximum Gasteiger partial charge on any atom is 0.322 e. The number of nitrogens with one attached hydrogen (secondary N) is 1. The molecule has 0 aliphatic heterocycles. The van der Waals surface area contributed by atoms with Crippen molar-refractivity contribution < 1.29 is 4.74 Å². The average Bonchev–Trinajstić information content (AvgIpc) is 2.51. The largest absolute Gasteiger partial charge is 0.424 e. The Morgan fingerprint density at radius 2 is 1.86 bits per heavy atom. The molecule has 6 heteroatoms. The number of aromatic nitrogens is 2. The second-order valence-electron chi connectivity index (χ2n) is 4.33. The monoisotopic (exact) mass is 298 g/mol. The molecular weight excluding hydrogens is 288 g/mol. The fraction of sp³-hybridized carbons (Fsp3) is 0. The van der Waals surface area contributed by atoms with Crippen LogP contribution in [0, 0.1) is 5.41 Å². The van der Waals surface area contributed by atoms with E-state index in [1.54, 1.807) is 18.2 Å². The Kier molecular flexibility index (Phi) is 3.41. The summed E-state index contributed by atoms with van der Waals surface area (Å²) >= 11 is 6.17. The van der Waals surface area contributed by atoms with Gasteiger partial charge < -0.3 is 10.5 Å². The lowest BCUT2D eigenvalue weighted by molar-refractivity contribution is 0.446. The van der Waals surface area contributed by atoms with Gasteiger partial charge in [-0.25, -0.2) is 4.98 Å². The number of ether oxygens (including phenoxy) is 1. The van der Waals surface area contributed by atoms with Crippen molar-refractivity contribution in [1.29, 1.82) is 5.41 Å². The molecule has 0 bridgehead atoms. The molecule has 3 aromatic rings. The van der Waals surface area contributed by atoms with E-state index < -0.39 is 0 Å². The molecule has 1 aromatic heterocycles. The number of fused-ring (bicyclic) bond motifs is 1. The maximum atomic E-state index is 7.39. The first-order valence-electron chi connectivity index (χ1n) is 6.17. The molecule has 0 spiro atoms. The molecule has 0 aliphatic carbocycles. The van der Waals surface area contributed by atoms with E-state index in [1.807, 2.05) is 24.3 Å². The minimum Gasteiger partial charge on any atom is -0.424 e. The third kappa shape index (κ3) is 2.64. The van der Waals surface area contributed by atoms with Crippen molar-refractivity contribution in [2.45, 2.75) is 0 Å². The zero-order valence-corrected chi connectivity index (χ0v) is 11.6. The quantitative estimate of drug-likeness (QED) is 0.573. The van der Waals surface area contributed by atoms with Gasteiger partial charge in [0.2, 0.25) is 0 Å². The summed E-state index contributed by atoms with van der Waals surface area (Å²) in [6.07, 6.45) is 1.50. The Morgan fingerprint density at radius 1 is 1.10 bits per heavy atom. The van der Waals surface area contributed by atoms with Gasteiger partial charge >= 0.3 is 6.01 Å². The minimum atomic E-state index is -0.136. The molecule has 2 aromatic carbocycles. The van der Waals surface area contributed by atoms with Crippen LogP contribution in [0.1, 0.15) is 5.69 Å². The first-order valence-corrected chi connectivity index (χ1v) is 6.55. The highest BCUT2D eigenvalue weighted by atomic mass is 35.5. The molecule has 21 heavy (non-hydrogen) atoms. The molecule has 3 N–H and O–H groups in total. The summed E-state index contributed by atoms with van der Waals surface area (Å²) in [6, 6.07) is 12.8. The molecule has 3 rings (SSSR count). The summed E-state index contributed by atoms with van der Waals surface area (Å²) in [7, 11) is 0. The number of halogens is 1. The smallest absolute Gasteiger partial charge is 0.322 e. The van der Waals surface area contributed by atoms with E-state index in [9.17, 15) is 0 Å². The van der Waals surface area contributed by atoms with Crippen molar-refractivity contribution >= 4 is 28.2 Å². The molecule has 0 saturated carbocycles. The first kappa shape index (κ1) is 13.3. The fourth-order valence-corrected chi connectivity index (χ4v) is 2.19. The van der Waals surface area contributed by atoms with Gasteiger partial charge in [-0.1, -0.05) is 35.9 Å². The molecular formula is C15H11ClN4O. The SMILES string of the molecule is N=C(N)c1ccnc(Oc2ccc(Cl)c3ccccc23)n1. The molecule has 5 nitrogen and oxygen atoms in total. The van der Waals surface area contributed by atoms with Crippen LogP contribution in [0.5, 0.6) is 11.8 Å². The highest BCUT2D eigenvalue weighted by Crippen LogP contribution is 2.33. The third-order valence-electron chi connectivity index (χ3n) is 2.94. The van der Waals surface area contributed by atoms with Crippen molar-refractivity contribution in [2.75, 3.05) is 0 Å². The lowest BCUT2D eigenvalue weighted by atomic mass is 10.1. The summed E-state index contributed by atoms with van der Waals surface area (Å²) in [5.41, 5.74) is 5.72. The maximum absolute atomic E-state index is 7.39. The molecule has 0 fully saturated rings. The van der Waals surface area contributed by atoms with Crippen molar-refractivity contribution in [1.82, 2.24) is 9.97 Å².